The van der Waals surface area contributed by atoms with Gasteiger partial charge in [-0.3, -0.25) is 0 Å². The van der Waals surface area contributed by atoms with Crippen molar-refractivity contribution in [2.24, 2.45) is 5.41 Å². The van der Waals surface area contributed by atoms with Crippen molar-refractivity contribution in [1.82, 2.24) is 5.32 Å². The molecule has 2 heteroatoms. The van der Waals surface area contributed by atoms with Crippen LogP contribution in [0.4, 0.5) is 0 Å². The van der Waals surface area contributed by atoms with Gasteiger partial charge in [-0.1, -0.05) is 39.0 Å². The zero-order valence-electron chi connectivity index (χ0n) is 12.7. The first-order valence-electron chi connectivity index (χ1n) is 7.07. The quantitative estimate of drug-likeness (QED) is 0.885. The number of furan rings is 1. The van der Waals surface area contributed by atoms with Crippen LogP contribution in [-0.2, 0) is 6.42 Å². The average molecular weight is 259 g/mol. The Hall–Kier alpha value is -1.28. The molecule has 0 fully saturated rings. The predicted octanol–water partition coefficient (Wildman–Crippen LogP) is 4.31. The van der Waals surface area contributed by atoms with E-state index >= 15 is 0 Å². The summed E-state index contributed by atoms with van der Waals surface area (Å²) in [5.41, 5.74) is 2.52. The van der Waals surface area contributed by atoms with Crippen LogP contribution in [0.3, 0.4) is 0 Å². The Balaban J connectivity index is 2.12. The van der Waals surface area contributed by atoms with E-state index in [-0.39, 0.29) is 5.41 Å². The van der Waals surface area contributed by atoms with Gasteiger partial charge in [0.2, 0.25) is 0 Å². The molecule has 0 aliphatic heterocycles. The van der Waals surface area contributed by atoms with E-state index in [1.54, 1.807) is 0 Å². The lowest BCUT2D eigenvalue weighted by Crippen LogP contribution is -2.38. The molecular weight excluding hydrogens is 234 g/mol. The minimum Gasteiger partial charge on any atom is -0.461 e. The number of benzene rings is 1. The summed E-state index contributed by atoms with van der Waals surface area (Å²) in [6, 6.07) is 8.98. The van der Waals surface area contributed by atoms with Crippen molar-refractivity contribution in [2.45, 2.75) is 46.6 Å². The van der Waals surface area contributed by atoms with E-state index in [4.69, 9.17) is 4.42 Å². The number of hydrogen-bond acceptors (Lipinski definition) is 2. The zero-order valence-corrected chi connectivity index (χ0v) is 12.7. The number of fused-ring (bicyclic) bond motifs is 1. The monoisotopic (exact) mass is 259 g/mol. The second-order valence-electron chi connectivity index (χ2n) is 6.45. The first-order chi connectivity index (χ1) is 8.91. The average Bonchev–Trinajstić information content (AvgIpc) is 2.72. The van der Waals surface area contributed by atoms with E-state index in [9.17, 15) is 0 Å². The van der Waals surface area contributed by atoms with E-state index in [2.05, 4.69) is 57.3 Å². The summed E-state index contributed by atoms with van der Waals surface area (Å²) in [7, 11) is 2.04. The Kier molecular flexibility index (Phi) is 4.00. The van der Waals surface area contributed by atoms with Crippen molar-refractivity contribution < 1.29 is 4.42 Å². The van der Waals surface area contributed by atoms with Crippen LogP contribution in [0.15, 0.2) is 28.7 Å². The lowest BCUT2D eigenvalue weighted by Gasteiger charge is -2.30. The first kappa shape index (κ1) is 14.1. The third-order valence-electron chi connectivity index (χ3n) is 3.87. The normalized spacial score (nSPS) is 13.9. The molecule has 104 valence electrons. The molecule has 1 atom stereocenters. The van der Waals surface area contributed by atoms with Gasteiger partial charge in [-0.25, -0.2) is 0 Å². The highest BCUT2D eigenvalue weighted by atomic mass is 16.3. The minimum atomic E-state index is 0.274. The molecule has 2 nitrogen and oxygen atoms in total. The van der Waals surface area contributed by atoms with Crippen LogP contribution in [0.5, 0.6) is 0 Å². The van der Waals surface area contributed by atoms with E-state index in [1.807, 2.05) is 7.05 Å². The number of aryl methyl sites for hydroxylation is 2. The summed E-state index contributed by atoms with van der Waals surface area (Å²) >= 11 is 0. The molecule has 0 aliphatic carbocycles. The predicted molar refractivity (Wildman–Crippen MR) is 81.6 cm³/mol. The summed E-state index contributed by atoms with van der Waals surface area (Å²) in [6.07, 6.45) is 2.08. The van der Waals surface area contributed by atoms with Gasteiger partial charge in [-0.15, -0.1) is 0 Å². The number of para-hydroxylation sites is 1. The molecule has 2 aromatic rings. The summed E-state index contributed by atoms with van der Waals surface area (Å²) < 4.78 is 5.98. The second kappa shape index (κ2) is 5.38. The van der Waals surface area contributed by atoms with Crippen molar-refractivity contribution in [3.05, 3.63) is 35.6 Å². The molecule has 1 heterocycles. The van der Waals surface area contributed by atoms with Crippen LogP contribution in [0.25, 0.3) is 11.0 Å². The zero-order chi connectivity index (χ0) is 14.0. The lowest BCUT2D eigenvalue weighted by atomic mass is 9.84. The maximum absolute atomic E-state index is 5.98. The molecule has 1 aromatic heterocycles. The fourth-order valence-corrected chi connectivity index (χ4v) is 2.68. The Morgan fingerprint density at radius 1 is 1.26 bits per heavy atom. The van der Waals surface area contributed by atoms with Crippen molar-refractivity contribution in [2.75, 3.05) is 7.05 Å². The summed E-state index contributed by atoms with van der Waals surface area (Å²) in [4.78, 5) is 0. The molecule has 1 N–H and O–H groups in total. The third-order valence-corrected chi connectivity index (χ3v) is 3.87. The van der Waals surface area contributed by atoms with Crippen LogP contribution in [0.2, 0.25) is 0 Å². The fraction of sp³-hybridized carbons (Fsp3) is 0.529. The van der Waals surface area contributed by atoms with Crippen LogP contribution in [0, 0.1) is 12.3 Å². The summed E-state index contributed by atoms with van der Waals surface area (Å²) in [6.45, 7) is 8.92. The third kappa shape index (κ3) is 3.19. The molecule has 1 aromatic carbocycles. The van der Waals surface area contributed by atoms with Crippen LogP contribution in [0.1, 0.15) is 38.5 Å². The van der Waals surface area contributed by atoms with Gasteiger partial charge >= 0.3 is 0 Å². The number of hydrogen-bond donors (Lipinski definition) is 1. The summed E-state index contributed by atoms with van der Waals surface area (Å²) in [5.74, 6) is 1.09. The Morgan fingerprint density at radius 3 is 2.58 bits per heavy atom. The van der Waals surface area contributed by atoms with E-state index < -0.39 is 0 Å². The molecule has 0 amide bonds. The molecule has 2 rings (SSSR count). The van der Waals surface area contributed by atoms with E-state index in [1.165, 1.54) is 10.9 Å². The Bertz CT molecular complexity index is 548. The highest BCUT2D eigenvalue weighted by Gasteiger charge is 2.23. The molecule has 0 spiro atoms. The van der Waals surface area contributed by atoms with Crippen molar-refractivity contribution in [3.8, 4) is 0 Å². The van der Waals surface area contributed by atoms with Gasteiger partial charge < -0.3 is 9.73 Å². The lowest BCUT2D eigenvalue weighted by molar-refractivity contribution is 0.264. The maximum atomic E-state index is 5.98. The topological polar surface area (TPSA) is 25.2 Å². The highest BCUT2D eigenvalue weighted by molar-refractivity contribution is 5.80. The fourth-order valence-electron chi connectivity index (χ4n) is 2.68. The molecule has 0 saturated carbocycles. The van der Waals surface area contributed by atoms with Crippen LogP contribution >= 0.6 is 0 Å². The molecule has 0 bridgehead atoms. The van der Waals surface area contributed by atoms with Gasteiger partial charge in [0.15, 0.2) is 0 Å². The molecule has 19 heavy (non-hydrogen) atoms. The van der Waals surface area contributed by atoms with Gasteiger partial charge in [0.05, 0.1) is 0 Å². The molecule has 0 saturated heterocycles. The molecule has 0 aliphatic rings. The second-order valence-corrected chi connectivity index (χ2v) is 6.45. The molecular formula is C17H25NO. The van der Waals surface area contributed by atoms with E-state index in [0.717, 1.165) is 24.2 Å². The van der Waals surface area contributed by atoms with Crippen LogP contribution < -0.4 is 5.32 Å². The SMILES string of the molecule is CNC(CCc1cc2cccc(C)c2o1)C(C)(C)C. The Morgan fingerprint density at radius 2 is 2.00 bits per heavy atom. The minimum absolute atomic E-state index is 0.274. The Labute approximate surface area is 116 Å². The smallest absolute Gasteiger partial charge is 0.137 e. The largest absolute Gasteiger partial charge is 0.461 e. The first-order valence-corrected chi connectivity index (χ1v) is 7.07. The van der Waals surface area contributed by atoms with Crippen LogP contribution in [-0.4, -0.2) is 13.1 Å². The van der Waals surface area contributed by atoms with Gasteiger partial charge in [-0.05, 0) is 37.4 Å². The van der Waals surface area contributed by atoms with Gasteiger partial charge in [0.1, 0.15) is 11.3 Å². The number of nitrogens with one attached hydrogen (secondary N) is 1. The molecule has 1 unspecified atom stereocenters. The van der Waals surface area contributed by atoms with Crippen molar-refractivity contribution >= 4 is 11.0 Å². The molecule has 0 radical (unpaired) electrons. The maximum Gasteiger partial charge on any atom is 0.137 e. The standard InChI is InChI=1S/C17H25NO/c1-12-7-6-8-13-11-14(19-16(12)13)9-10-15(18-5)17(2,3)4/h6-8,11,15,18H,9-10H2,1-5H3. The highest BCUT2D eigenvalue weighted by Crippen LogP contribution is 2.26. The van der Waals surface area contributed by atoms with Gasteiger partial charge in [0, 0.05) is 17.8 Å². The summed E-state index contributed by atoms with van der Waals surface area (Å²) in [5, 5.41) is 4.63. The van der Waals surface area contributed by atoms with E-state index in [0.29, 0.717) is 6.04 Å². The van der Waals surface area contributed by atoms with Gasteiger partial charge in [-0.2, -0.15) is 0 Å². The van der Waals surface area contributed by atoms with Crippen molar-refractivity contribution in [1.29, 1.82) is 0 Å². The van der Waals surface area contributed by atoms with Gasteiger partial charge in [0.25, 0.3) is 0 Å². The van der Waals surface area contributed by atoms with Crippen molar-refractivity contribution in [3.63, 3.8) is 0 Å². The number of rotatable bonds is 4.